The van der Waals surface area contributed by atoms with Gasteiger partial charge in [-0.25, -0.2) is 0 Å². The van der Waals surface area contributed by atoms with E-state index < -0.39 is 0 Å². The first-order valence-electron chi connectivity index (χ1n) is 5.34. The topological polar surface area (TPSA) is 29.9 Å². The van der Waals surface area contributed by atoms with Crippen LogP contribution in [0.1, 0.15) is 50.9 Å². The number of rotatable bonds is 4. The molecule has 80 valence electrons. The SMILES string of the molecule is CCn1ncc(C(C)NC)c1C(C)C. The Morgan fingerprint density at radius 1 is 1.43 bits per heavy atom. The average molecular weight is 195 g/mol. The molecule has 14 heavy (non-hydrogen) atoms. The summed E-state index contributed by atoms with van der Waals surface area (Å²) in [5.74, 6) is 0.531. The van der Waals surface area contributed by atoms with Crippen molar-refractivity contribution in [2.45, 2.75) is 46.2 Å². The van der Waals surface area contributed by atoms with Gasteiger partial charge in [0.25, 0.3) is 0 Å². The number of nitrogens with one attached hydrogen (secondary N) is 1. The highest BCUT2D eigenvalue weighted by Crippen LogP contribution is 2.24. The van der Waals surface area contributed by atoms with E-state index in [2.05, 4.69) is 42.8 Å². The number of nitrogens with zero attached hydrogens (tertiary/aromatic N) is 2. The second-order valence-electron chi connectivity index (χ2n) is 3.97. The lowest BCUT2D eigenvalue weighted by molar-refractivity contribution is 0.580. The van der Waals surface area contributed by atoms with E-state index in [1.807, 2.05) is 13.2 Å². The zero-order valence-corrected chi connectivity index (χ0v) is 9.83. The molecule has 1 unspecified atom stereocenters. The highest BCUT2D eigenvalue weighted by Gasteiger charge is 2.16. The lowest BCUT2D eigenvalue weighted by atomic mass is 10.0. The fourth-order valence-corrected chi connectivity index (χ4v) is 1.78. The summed E-state index contributed by atoms with van der Waals surface area (Å²) in [5, 5.41) is 7.66. The van der Waals surface area contributed by atoms with Crippen LogP contribution in [0.15, 0.2) is 6.20 Å². The van der Waals surface area contributed by atoms with E-state index in [4.69, 9.17) is 0 Å². The van der Waals surface area contributed by atoms with Crippen LogP contribution in [0, 0.1) is 0 Å². The molecular formula is C11H21N3. The Morgan fingerprint density at radius 2 is 2.07 bits per heavy atom. The maximum atomic E-state index is 4.40. The van der Waals surface area contributed by atoms with Crippen LogP contribution in [-0.4, -0.2) is 16.8 Å². The van der Waals surface area contributed by atoms with Gasteiger partial charge >= 0.3 is 0 Å². The summed E-state index contributed by atoms with van der Waals surface area (Å²) >= 11 is 0. The number of aryl methyl sites for hydroxylation is 1. The molecule has 0 radical (unpaired) electrons. The number of aromatic nitrogens is 2. The molecule has 0 spiro atoms. The van der Waals surface area contributed by atoms with Crippen LogP contribution in [0.4, 0.5) is 0 Å². The van der Waals surface area contributed by atoms with Gasteiger partial charge in [-0.1, -0.05) is 13.8 Å². The normalized spacial score (nSPS) is 13.6. The van der Waals surface area contributed by atoms with Crippen molar-refractivity contribution in [1.29, 1.82) is 0 Å². The van der Waals surface area contributed by atoms with Crippen molar-refractivity contribution in [3.05, 3.63) is 17.5 Å². The zero-order chi connectivity index (χ0) is 10.7. The summed E-state index contributed by atoms with van der Waals surface area (Å²) in [4.78, 5) is 0. The summed E-state index contributed by atoms with van der Waals surface area (Å²) in [6, 6.07) is 0.382. The molecule has 0 saturated heterocycles. The minimum atomic E-state index is 0.382. The predicted molar refractivity (Wildman–Crippen MR) is 59.5 cm³/mol. The van der Waals surface area contributed by atoms with E-state index in [0.29, 0.717) is 12.0 Å². The van der Waals surface area contributed by atoms with E-state index in [-0.39, 0.29) is 0 Å². The van der Waals surface area contributed by atoms with Crippen molar-refractivity contribution in [2.24, 2.45) is 0 Å². The van der Waals surface area contributed by atoms with Crippen molar-refractivity contribution in [2.75, 3.05) is 7.05 Å². The largest absolute Gasteiger partial charge is 0.313 e. The molecule has 0 fully saturated rings. The molecule has 1 atom stereocenters. The molecule has 0 aliphatic heterocycles. The van der Waals surface area contributed by atoms with E-state index in [0.717, 1.165) is 6.54 Å². The molecule has 1 aromatic heterocycles. The second-order valence-corrected chi connectivity index (χ2v) is 3.97. The van der Waals surface area contributed by atoms with E-state index in [1.54, 1.807) is 0 Å². The van der Waals surface area contributed by atoms with Gasteiger partial charge in [-0.05, 0) is 26.8 Å². The molecule has 1 rings (SSSR count). The molecule has 3 heteroatoms. The Bertz CT molecular complexity index is 289. The molecular weight excluding hydrogens is 174 g/mol. The molecule has 1 aromatic rings. The minimum absolute atomic E-state index is 0.382. The van der Waals surface area contributed by atoms with E-state index in [9.17, 15) is 0 Å². The standard InChI is InChI=1S/C11H21N3/c1-6-14-11(8(2)3)10(7-13-14)9(4)12-5/h7-9,12H,6H2,1-5H3. The van der Waals surface area contributed by atoms with Crippen LogP contribution in [-0.2, 0) is 6.54 Å². The summed E-state index contributed by atoms with van der Waals surface area (Å²) < 4.78 is 2.09. The van der Waals surface area contributed by atoms with E-state index in [1.165, 1.54) is 11.3 Å². The summed E-state index contributed by atoms with van der Waals surface area (Å²) in [5.41, 5.74) is 2.68. The first kappa shape index (κ1) is 11.2. The Morgan fingerprint density at radius 3 is 2.50 bits per heavy atom. The highest BCUT2D eigenvalue weighted by molar-refractivity contribution is 5.24. The minimum Gasteiger partial charge on any atom is -0.313 e. The van der Waals surface area contributed by atoms with Gasteiger partial charge in [0.15, 0.2) is 0 Å². The van der Waals surface area contributed by atoms with Gasteiger partial charge in [-0.2, -0.15) is 5.10 Å². The molecule has 0 saturated carbocycles. The molecule has 1 heterocycles. The van der Waals surface area contributed by atoms with Crippen LogP contribution in [0.3, 0.4) is 0 Å². The zero-order valence-electron chi connectivity index (χ0n) is 9.83. The average Bonchev–Trinajstić information content (AvgIpc) is 2.59. The highest BCUT2D eigenvalue weighted by atomic mass is 15.3. The molecule has 0 aliphatic carbocycles. The van der Waals surface area contributed by atoms with Gasteiger partial charge in [0, 0.05) is 23.8 Å². The Hall–Kier alpha value is -0.830. The van der Waals surface area contributed by atoms with Crippen LogP contribution in [0.25, 0.3) is 0 Å². The van der Waals surface area contributed by atoms with Crippen LogP contribution < -0.4 is 5.32 Å². The van der Waals surface area contributed by atoms with Crippen molar-refractivity contribution >= 4 is 0 Å². The smallest absolute Gasteiger partial charge is 0.0540 e. The van der Waals surface area contributed by atoms with Gasteiger partial charge in [0.2, 0.25) is 0 Å². The van der Waals surface area contributed by atoms with Gasteiger partial charge in [-0.3, -0.25) is 4.68 Å². The van der Waals surface area contributed by atoms with E-state index >= 15 is 0 Å². The van der Waals surface area contributed by atoms with Crippen molar-refractivity contribution in [1.82, 2.24) is 15.1 Å². The molecule has 0 amide bonds. The Kier molecular flexibility index (Phi) is 3.69. The molecule has 0 aliphatic rings. The first-order chi connectivity index (χ1) is 6.61. The summed E-state index contributed by atoms with van der Waals surface area (Å²) in [7, 11) is 1.98. The Labute approximate surface area is 86.5 Å². The fourth-order valence-electron chi connectivity index (χ4n) is 1.78. The number of hydrogen-bond donors (Lipinski definition) is 1. The van der Waals surface area contributed by atoms with Crippen molar-refractivity contribution < 1.29 is 0 Å². The van der Waals surface area contributed by atoms with Gasteiger partial charge in [0.05, 0.1) is 6.20 Å². The van der Waals surface area contributed by atoms with Crippen molar-refractivity contribution in [3.8, 4) is 0 Å². The number of hydrogen-bond acceptors (Lipinski definition) is 2. The molecule has 0 bridgehead atoms. The van der Waals surface area contributed by atoms with Gasteiger partial charge in [-0.15, -0.1) is 0 Å². The predicted octanol–water partition coefficient (Wildman–Crippen LogP) is 2.31. The second kappa shape index (κ2) is 4.60. The third-order valence-electron chi connectivity index (χ3n) is 2.66. The molecule has 1 N–H and O–H groups in total. The maximum absolute atomic E-state index is 4.40. The van der Waals surface area contributed by atoms with Crippen LogP contribution in [0.2, 0.25) is 0 Å². The van der Waals surface area contributed by atoms with Crippen LogP contribution in [0.5, 0.6) is 0 Å². The van der Waals surface area contributed by atoms with Crippen molar-refractivity contribution in [3.63, 3.8) is 0 Å². The maximum Gasteiger partial charge on any atom is 0.0540 e. The van der Waals surface area contributed by atoms with Gasteiger partial charge in [0.1, 0.15) is 0 Å². The monoisotopic (exact) mass is 195 g/mol. The third kappa shape index (κ3) is 1.98. The Balaban J connectivity index is 3.10. The summed E-state index contributed by atoms with van der Waals surface area (Å²) in [6.07, 6.45) is 1.99. The van der Waals surface area contributed by atoms with Crippen LogP contribution >= 0.6 is 0 Å². The van der Waals surface area contributed by atoms with Gasteiger partial charge < -0.3 is 5.32 Å². The lowest BCUT2D eigenvalue weighted by Gasteiger charge is -2.15. The quantitative estimate of drug-likeness (QED) is 0.799. The fraction of sp³-hybridized carbons (Fsp3) is 0.727. The third-order valence-corrected chi connectivity index (χ3v) is 2.66. The lowest BCUT2D eigenvalue weighted by Crippen LogP contribution is -2.15. The summed E-state index contributed by atoms with van der Waals surface area (Å²) in [6.45, 7) is 9.68. The molecule has 3 nitrogen and oxygen atoms in total. The molecule has 0 aromatic carbocycles. The first-order valence-corrected chi connectivity index (χ1v) is 5.34.